The number of hydrogen-bond acceptors (Lipinski definition) is 5. The number of alkyl halides is 3. The maximum absolute atomic E-state index is 13.0. The van der Waals surface area contributed by atoms with E-state index in [2.05, 4.69) is 11.9 Å². The highest BCUT2D eigenvalue weighted by molar-refractivity contribution is 5.94. The molecule has 3 fully saturated rings. The highest BCUT2D eigenvalue weighted by atomic mass is 19.4. The Hall–Kier alpha value is -2.33. The predicted octanol–water partition coefficient (Wildman–Crippen LogP) is 3.15. The van der Waals surface area contributed by atoms with Gasteiger partial charge < -0.3 is 24.4 Å². The number of aliphatic carboxylic acids is 1. The number of carboxylic acids is 1. The lowest BCUT2D eigenvalue weighted by Crippen LogP contribution is -2.38. The van der Waals surface area contributed by atoms with Crippen molar-refractivity contribution < 1.29 is 37.3 Å². The van der Waals surface area contributed by atoms with Crippen molar-refractivity contribution in [1.29, 1.82) is 0 Å². The van der Waals surface area contributed by atoms with E-state index in [9.17, 15) is 18.0 Å². The minimum atomic E-state index is -5.08. The number of amides is 1. The molecule has 0 aromatic heterocycles. The molecule has 3 aliphatic rings. The van der Waals surface area contributed by atoms with Crippen molar-refractivity contribution in [1.82, 2.24) is 9.80 Å². The number of carbonyl (C=O) groups is 2. The summed E-state index contributed by atoms with van der Waals surface area (Å²) in [7, 11) is 3.82. The SMILES string of the molecule is COc1cccc(C(=O)N2CC[C@@]3(CN(C)C[C@H]3COCC3CC3)C2)c1.O=C(O)C(F)(F)F. The summed E-state index contributed by atoms with van der Waals surface area (Å²) >= 11 is 0. The van der Waals surface area contributed by atoms with E-state index in [1.165, 1.54) is 12.8 Å². The normalized spacial score (nSPS) is 25.1. The van der Waals surface area contributed by atoms with Crippen LogP contribution in [0.4, 0.5) is 13.2 Å². The van der Waals surface area contributed by atoms with E-state index in [-0.39, 0.29) is 11.3 Å². The molecule has 1 aliphatic carbocycles. The second-order valence-corrected chi connectivity index (χ2v) is 9.25. The smallest absolute Gasteiger partial charge is 0.490 e. The third-order valence-electron chi connectivity index (χ3n) is 6.58. The van der Waals surface area contributed by atoms with Crippen molar-refractivity contribution in [2.75, 3.05) is 53.6 Å². The van der Waals surface area contributed by atoms with Gasteiger partial charge in [-0.15, -0.1) is 0 Å². The highest BCUT2D eigenvalue weighted by Crippen LogP contribution is 2.44. The summed E-state index contributed by atoms with van der Waals surface area (Å²) in [6.45, 7) is 5.57. The second-order valence-electron chi connectivity index (χ2n) is 9.25. The van der Waals surface area contributed by atoms with Crippen molar-refractivity contribution in [2.24, 2.45) is 17.3 Å². The molecular formula is C23H31F3N2O5. The van der Waals surface area contributed by atoms with Crippen LogP contribution in [0.15, 0.2) is 24.3 Å². The Morgan fingerprint density at radius 2 is 1.91 bits per heavy atom. The number of hydrogen-bond donors (Lipinski definition) is 1. The van der Waals surface area contributed by atoms with Crippen LogP contribution in [0.25, 0.3) is 0 Å². The van der Waals surface area contributed by atoms with Crippen LogP contribution in [-0.2, 0) is 9.53 Å². The lowest BCUT2D eigenvalue weighted by Gasteiger charge is -2.30. The third kappa shape index (κ3) is 6.60. The molecule has 2 heterocycles. The Morgan fingerprint density at radius 1 is 1.21 bits per heavy atom. The van der Waals surface area contributed by atoms with Gasteiger partial charge in [-0.05, 0) is 50.4 Å². The van der Waals surface area contributed by atoms with Crippen LogP contribution in [-0.4, -0.2) is 86.5 Å². The lowest BCUT2D eigenvalue weighted by molar-refractivity contribution is -0.192. The Morgan fingerprint density at radius 3 is 2.52 bits per heavy atom. The molecular weight excluding hydrogens is 441 g/mol. The molecule has 1 amide bonds. The van der Waals surface area contributed by atoms with Gasteiger partial charge in [0.1, 0.15) is 5.75 Å². The fraction of sp³-hybridized carbons (Fsp3) is 0.652. The fourth-order valence-corrected chi connectivity index (χ4v) is 4.66. The van der Waals surface area contributed by atoms with E-state index < -0.39 is 12.1 Å². The molecule has 0 radical (unpaired) electrons. The molecule has 1 saturated carbocycles. The van der Waals surface area contributed by atoms with Crippen LogP contribution < -0.4 is 4.74 Å². The highest BCUT2D eigenvalue weighted by Gasteiger charge is 2.50. The summed E-state index contributed by atoms with van der Waals surface area (Å²) in [5, 5.41) is 7.12. The van der Waals surface area contributed by atoms with Crippen molar-refractivity contribution in [3.05, 3.63) is 29.8 Å². The monoisotopic (exact) mass is 472 g/mol. The van der Waals surface area contributed by atoms with E-state index in [1.54, 1.807) is 7.11 Å². The van der Waals surface area contributed by atoms with Crippen molar-refractivity contribution in [3.8, 4) is 5.75 Å². The number of methoxy groups -OCH3 is 1. The maximum atomic E-state index is 13.0. The van der Waals surface area contributed by atoms with Gasteiger partial charge in [-0.25, -0.2) is 4.79 Å². The first-order chi connectivity index (χ1) is 15.5. The van der Waals surface area contributed by atoms with Gasteiger partial charge in [-0.2, -0.15) is 13.2 Å². The number of benzene rings is 1. The Labute approximate surface area is 191 Å². The number of nitrogens with zero attached hydrogens (tertiary/aromatic N) is 2. The number of ether oxygens (including phenoxy) is 2. The average molecular weight is 473 g/mol. The van der Waals surface area contributed by atoms with Crippen LogP contribution in [0.3, 0.4) is 0 Å². The van der Waals surface area contributed by atoms with Crippen molar-refractivity contribution in [3.63, 3.8) is 0 Å². The van der Waals surface area contributed by atoms with E-state index >= 15 is 0 Å². The number of carbonyl (C=O) groups excluding carboxylic acids is 1. The fourth-order valence-electron chi connectivity index (χ4n) is 4.66. The van der Waals surface area contributed by atoms with Gasteiger partial charge in [0.15, 0.2) is 0 Å². The third-order valence-corrected chi connectivity index (χ3v) is 6.58. The molecule has 33 heavy (non-hydrogen) atoms. The maximum Gasteiger partial charge on any atom is 0.490 e. The molecule has 2 saturated heterocycles. The molecule has 184 valence electrons. The number of likely N-dealkylation sites (tertiary alicyclic amines) is 2. The van der Waals surface area contributed by atoms with Crippen LogP contribution in [0.1, 0.15) is 29.6 Å². The summed E-state index contributed by atoms with van der Waals surface area (Å²) in [6, 6.07) is 7.48. The molecule has 1 aromatic rings. The molecule has 7 nitrogen and oxygen atoms in total. The van der Waals surface area contributed by atoms with Crippen molar-refractivity contribution >= 4 is 11.9 Å². The zero-order valence-corrected chi connectivity index (χ0v) is 18.9. The van der Waals surface area contributed by atoms with Crippen LogP contribution in [0.2, 0.25) is 0 Å². The molecule has 0 unspecified atom stereocenters. The van der Waals surface area contributed by atoms with Crippen LogP contribution >= 0.6 is 0 Å². The zero-order chi connectivity index (χ0) is 24.2. The number of rotatable bonds is 6. The first kappa shape index (κ1) is 25.3. The second kappa shape index (κ2) is 10.3. The summed E-state index contributed by atoms with van der Waals surface area (Å²) in [6.07, 6.45) is -1.35. The van der Waals surface area contributed by atoms with Crippen LogP contribution in [0.5, 0.6) is 5.75 Å². The molecule has 2 aliphatic heterocycles. The van der Waals surface area contributed by atoms with Gasteiger partial charge in [-0.3, -0.25) is 4.79 Å². The van der Waals surface area contributed by atoms with E-state index in [1.807, 2.05) is 29.2 Å². The van der Waals surface area contributed by atoms with E-state index in [0.29, 0.717) is 11.5 Å². The van der Waals surface area contributed by atoms with Gasteiger partial charge >= 0.3 is 12.1 Å². The largest absolute Gasteiger partial charge is 0.497 e. The van der Waals surface area contributed by atoms with Crippen molar-refractivity contribution in [2.45, 2.75) is 25.4 Å². The average Bonchev–Trinajstić information content (AvgIpc) is 3.41. The molecule has 1 spiro atoms. The summed E-state index contributed by atoms with van der Waals surface area (Å²) in [5.74, 6) is -0.577. The lowest BCUT2D eigenvalue weighted by atomic mass is 9.77. The van der Waals surface area contributed by atoms with Gasteiger partial charge in [0.05, 0.1) is 13.7 Å². The standard InChI is InChI=1S/C21H30N2O3.C2HF3O2/c1-22-11-18(13-26-12-16-6-7-16)21(14-22)8-9-23(15-21)20(24)17-4-3-5-19(10-17)25-2;3-2(4,5)1(6)7/h3-5,10,16,18H,6-9,11-15H2,1-2H3;(H,6,7)/t18-,21+;/m0./s1. The van der Waals surface area contributed by atoms with Gasteiger partial charge in [0, 0.05) is 49.7 Å². The van der Waals surface area contributed by atoms with E-state index in [4.69, 9.17) is 19.4 Å². The quantitative estimate of drug-likeness (QED) is 0.685. The Kier molecular flexibility index (Phi) is 7.89. The van der Waals surface area contributed by atoms with Gasteiger partial charge in [0.2, 0.25) is 0 Å². The summed E-state index contributed by atoms with van der Waals surface area (Å²) in [4.78, 5) is 26.3. The summed E-state index contributed by atoms with van der Waals surface area (Å²) in [5.41, 5.74) is 0.904. The molecule has 1 aromatic carbocycles. The molecule has 10 heteroatoms. The zero-order valence-electron chi connectivity index (χ0n) is 18.9. The molecule has 1 N–H and O–H groups in total. The Balaban J connectivity index is 0.000000383. The minimum absolute atomic E-state index is 0.118. The number of carboxylic acid groups (broad SMARTS) is 1. The van der Waals surface area contributed by atoms with E-state index in [0.717, 1.165) is 57.5 Å². The number of halogens is 3. The van der Waals surface area contributed by atoms with Gasteiger partial charge in [-0.1, -0.05) is 6.07 Å². The Bertz CT molecular complexity index is 846. The first-order valence-corrected chi connectivity index (χ1v) is 11.0. The van der Waals surface area contributed by atoms with Gasteiger partial charge in [0.25, 0.3) is 5.91 Å². The summed E-state index contributed by atoms with van der Waals surface area (Å²) < 4.78 is 43.0. The first-order valence-electron chi connectivity index (χ1n) is 11.0. The molecule has 0 bridgehead atoms. The topological polar surface area (TPSA) is 79.3 Å². The molecule has 4 rings (SSSR count). The predicted molar refractivity (Wildman–Crippen MR) is 114 cm³/mol. The minimum Gasteiger partial charge on any atom is -0.497 e. The molecule has 2 atom stereocenters. The van der Waals surface area contributed by atoms with Crippen LogP contribution in [0, 0.1) is 17.3 Å².